The zero-order valence-electron chi connectivity index (χ0n) is 9.18. The summed E-state index contributed by atoms with van der Waals surface area (Å²) in [6.45, 7) is 2.10. The van der Waals surface area contributed by atoms with E-state index in [1.165, 1.54) is 5.56 Å². The molecule has 82 valence electrons. The molecule has 2 N–H and O–H groups in total. The van der Waals surface area contributed by atoms with Gasteiger partial charge in [-0.3, -0.25) is 4.98 Å². The average molecular weight is 214 g/mol. The molecule has 0 bridgehead atoms. The Morgan fingerprint density at radius 2 is 2.06 bits per heavy atom. The van der Waals surface area contributed by atoms with Gasteiger partial charge < -0.3 is 10.5 Å². The molecule has 0 radical (unpaired) electrons. The van der Waals surface area contributed by atoms with Gasteiger partial charge in [-0.05, 0) is 18.1 Å². The monoisotopic (exact) mass is 214 g/mol. The van der Waals surface area contributed by atoms with Crippen LogP contribution in [-0.4, -0.2) is 4.98 Å². The van der Waals surface area contributed by atoms with Crippen molar-refractivity contribution >= 4 is 5.69 Å². The molecule has 2 rings (SSSR count). The van der Waals surface area contributed by atoms with E-state index in [4.69, 9.17) is 10.5 Å². The Bertz CT molecular complexity index is 483. The van der Waals surface area contributed by atoms with Gasteiger partial charge in [-0.15, -0.1) is 0 Å². The lowest BCUT2D eigenvalue weighted by Gasteiger charge is -2.09. The topological polar surface area (TPSA) is 48.1 Å². The first-order valence-corrected chi connectivity index (χ1v) is 5.26. The van der Waals surface area contributed by atoms with Crippen LogP contribution >= 0.6 is 0 Å². The highest BCUT2D eigenvalue weighted by molar-refractivity contribution is 5.43. The number of nitrogens with zero attached hydrogens (tertiary/aromatic N) is 1. The quantitative estimate of drug-likeness (QED) is 0.854. The molecule has 0 aliphatic carbocycles. The predicted molar refractivity (Wildman–Crippen MR) is 64.5 cm³/mol. The molecule has 0 aliphatic rings. The summed E-state index contributed by atoms with van der Waals surface area (Å²) in [5.74, 6) is 1.53. The minimum atomic E-state index is 0.603. The zero-order valence-corrected chi connectivity index (χ0v) is 9.18. The molecule has 0 saturated heterocycles. The fourth-order valence-corrected chi connectivity index (χ4v) is 1.51. The standard InChI is InChI=1S/C13H14N2O/c1-2-10-5-3-4-6-13(10)16-12-7-11(14)8-15-9-12/h3-9H,2,14H2,1H3. The molecule has 0 unspecified atom stereocenters. The Hall–Kier alpha value is -2.03. The minimum Gasteiger partial charge on any atom is -0.455 e. The van der Waals surface area contributed by atoms with Gasteiger partial charge in [-0.25, -0.2) is 0 Å². The summed E-state index contributed by atoms with van der Waals surface area (Å²) in [6, 6.07) is 9.72. The molecule has 0 atom stereocenters. The van der Waals surface area contributed by atoms with Crippen molar-refractivity contribution in [2.45, 2.75) is 13.3 Å². The number of nitrogens with two attached hydrogens (primary N) is 1. The Balaban J connectivity index is 2.26. The van der Waals surface area contributed by atoms with Crippen molar-refractivity contribution in [3.05, 3.63) is 48.3 Å². The van der Waals surface area contributed by atoms with E-state index in [0.29, 0.717) is 11.4 Å². The second-order valence-corrected chi connectivity index (χ2v) is 3.52. The van der Waals surface area contributed by atoms with Crippen molar-refractivity contribution in [3.8, 4) is 11.5 Å². The summed E-state index contributed by atoms with van der Waals surface area (Å²) < 4.78 is 5.74. The highest BCUT2D eigenvalue weighted by Crippen LogP contribution is 2.25. The van der Waals surface area contributed by atoms with Crippen LogP contribution in [0.4, 0.5) is 5.69 Å². The lowest BCUT2D eigenvalue weighted by Crippen LogP contribution is -1.92. The van der Waals surface area contributed by atoms with E-state index in [9.17, 15) is 0 Å². The largest absolute Gasteiger partial charge is 0.455 e. The van der Waals surface area contributed by atoms with Crippen LogP contribution < -0.4 is 10.5 Å². The Kier molecular flexibility index (Phi) is 3.05. The van der Waals surface area contributed by atoms with Crippen LogP contribution in [0, 0.1) is 0 Å². The van der Waals surface area contributed by atoms with Crippen molar-refractivity contribution in [2.24, 2.45) is 0 Å². The van der Waals surface area contributed by atoms with Crippen molar-refractivity contribution < 1.29 is 4.74 Å². The molecule has 1 aromatic carbocycles. The van der Waals surface area contributed by atoms with E-state index in [1.807, 2.05) is 18.2 Å². The molecule has 0 saturated carbocycles. The Morgan fingerprint density at radius 1 is 1.25 bits per heavy atom. The number of aromatic nitrogens is 1. The summed E-state index contributed by atoms with van der Waals surface area (Å²) in [6.07, 6.45) is 4.19. The molecule has 3 heteroatoms. The third-order valence-corrected chi connectivity index (χ3v) is 2.32. The summed E-state index contributed by atoms with van der Waals surface area (Å²) in [4.78, 5) is 3.99. The molecule has 0 spiro atoms. The first-order chi connectivity index (χ1) is 7.79. The Labute approximate surface area is 94.9 Å². The molecule has 1 aromatic heterocycles. The normalized spacial score (nSPS) is 10.1. The number of hydrogen-bond donors (Lipinski definition) is 1. The number of rotatable bonds is 3. The minimum absolute atomic E-state index is 0.603. The van der Waals surface area contributed by atoms with E-state index in [2.05, 4.69) is 18.0 Å². The van der Waals surface area contributed by atoms with Crippen LogP contribution in [0.3, 0.4) is 0 Å². The smallest absolute Gasteiger partial charge is 0.147 e. The first-order valence-electron chi connectivity index (χ1n) is 5.26. The molecule has 16 heavy (non-hydrogen) atoms. The summed E-state index contributed by atoms with van der Waals surface area (Å²) >= 11 is 0. The lowest BCUT2D eigenvalue weighted by atomic mass is 10.1. The van der Waals surface area contributed by atoms with Gasteiger partial charge in [0.05, 0.1) is 18.1 Å². The van der Waals surface area contributed by atoms with Gasteiger partial charge in [-0.1, -0.05) is 25.1 Å². The molecule has 0 fully saturated rings. The van der Waals surface area contributed by atoms with E-state index in [-0.39, 0.29) is 0 Å². The molecule has 1 heterocycles. The van der Waals surface area contributed by atoms with Crippen LogP contribution in [0.5, 0.6) is 11.5 Å². The summed E-state index contributed by atoms with van der Waals surface area (Å²) in [5, 5.41) is 0. The number of para-hydroxylation sites is 1. The SMILES string of the molecule is CCc1ccccc1Oc1cncc(N)c1. The highest BCUT2D eigenvalue weighted by Gasteiger charge is 2.02. The number of pyridine rings is 1. The van der Waals surface area contributed by atoms with Crippen LogP contribution in [0.25, 0.3) is 0 Å². The third kappa shape index (κ3) is 2.31. The van der Waals surface area contributed by atoms with Crippen LogP contribution in [0.15, 0.2) is 42.7 Å². The van der Waals surface area contributed by atoms with Crippen molar-refractivity contribution in [1.82, 2.24) is 4.98 Å². The predicted octanol–water partition coefficient (Wildman–Crippen LogP) is 3.02. The molecule has 0 aliphatic heterocycles. The number of hydrogen-bond acceptors (Lipinski definition) is 3. The van der Waals surface area contributed by atoms with E-state index < -0.39 is 0 Å². The summed E-state index contributed by atoms with van der Waals surface area (Å²) in [7, 11) is 0. The van der Waals surface area contributed by atoms with Gasteiger partial charge in [0, 0.05) is 6.07 Å². The van der Waals surface area contributed by atoms with Crippen LogP contribution in [0.1, 0.15) is 12.5 Å². The third-order valence-electron chi connectivity index (χ3n) is 2.32. The van der Waals surface area contributed by atoms with Gasteiger partial charge in [0.2, 0.25) is 0 Å². The lowest BCUT2D eigenvalue weighted by molar-refractivity contribution is 0.475. The number of ether oxygens (including phenoxy) is 1. The van der Waals surface area contributed by atoms with Gasteiger partial charge >= 0.3 is 0 Å². The van der Waals surface area contributed by atoms with Gasteiger partial charge in [0.15, 0.2) is 0 Å². The maximum absolute atomic E-state index is 5.74. The molecular formula is C13H14N2O. The second-order valence-electron chi connectivity index (χ2n) is 3.52. The fourth-order valence-electron chi connectivity index (χ4n) is 1.51. The number of anilines is 1. The van der Waals surface area contributed by atoms with Gasteiger partial charge in [0.25, 0.3) is 0 Å². The maximum atomic E-state index is 5.74. The first kappa shape index (κ1) is 10.5. The van der Waals surface area contributed by atoms with Crippen molar-refractivity contribution in [2.75, 3.05) is 5.73 Å². The zero-order chi connectivity index (χ0) is 11.4. The highest BCUT2D eigenvalue weighted by atomic mass is 16.5. The average Bonchev–Trinajstić information content (AvgIpc) is 2.30. The molecule has 3 nitrogen and oxygen atoms in total. The molecule has 2 aromatic rings. The van der Waals surface area contributed by atoms with E-state index >= 15 is 0 Å². The van der Waals surface area contributed by atoms with Crippen LogP contribution in [0.2, 0.25) is 0 Å². The fraction of sp³-hybridized carbons (Fsp3) is 0.154. The second kappa shape index (κ2) is 4.66. The van der Waals surface area contributed by atoms with Gasteiger partial charge in [-0.2, -0.15) is 0 Å². The van der Waals surface area contributed by atoms with E-state index in [1.54, 1.807) is 18.5 Å². The maximum Gasteiger partial charge on any atom is 0.147 e. The number of benzene rings is 1. The van der Waals surface area contributed by atoms with Crippen LogP contribution in [-0.2, 0) is 6.42 Å². The van der Waals surface area contributed by atoms with Crippen molar-refractivity contribution in [1.29, 1.82) is 0 Å². The molecular weight excluding hydrogens is 200 g/mol. The molecule has 0 amide bonds. The summed E-state index contributed by atoms with van der Waals surface area (Å²) in [5.41, 5.74) is 7.41. The van der Waals surface area contributed by atoms with Gasteiger partial charge in [0.1, 0.15) is 11.5 Å². The van der Waals surface area contributed by atoms with E-state index in [0.717, 1.165) is 12.2 Å². The Morgan fingerprint density at radius 3 is 2.81 bits per heavy atom. The van der Waals surface area contributed by atoms with Crippen molar-refractivity contribution in [3.63, 3.8) is 0 Å². The number of nitrogen functional groups attached to an aromatic ring is 1. The number of aryl methyl sites for hydroxylation is 1.